The van der Waals surface area contributed by atoms with Crippen molar-refractivity contribution >= 4 is 11.5 Å². The van der Waals surface area contributed by atoms with Crippen LogP contribution < -0.4 is 0 Å². The van der Waals surface area contributed by atoms with Crippen molar-refractivity contribution in [2.75, 3.05) is 0 Å². The summed E-state index contributed by atoms with van der Waals surface area (Å²) in [6.45, 7) is 1.78. The zero-order valence-corrected chi connectivity index (χ0v) is 6.99. The van der Waals surface area contributed by atoms with Crippen LogP contribution in [-0.4, -0.2) is 22.8 Å². The maximum absolute atomic E-state index is 11.9. The minimum Gasteiger partial charge on any atom is -0.512 e. The van der Waals surface area contributed by atoms with Gasteiger partial charge in [-0.1, -0.05) is 0 Å². The molecule has 0 saturated heterocycles. The molecule has 0 rings (SSSR count). The number of hydrogen-bond acceptors (Lipinski definition) is 3. The van der Waals surface area contributed by atoms with Gasteiger partial charge in [0.25, 0.3) is 0 Å². The maximum Gasteiger partial charge on any atom is 0.433 e. The SMILES string of the molecule is CC(=O)C(C(=N)C(F)(F)F)=C(C)O. The van der Waals surface area contributed by atoms with E-state index in [1.807, 2.05) is 0 Å². The molecule has 0 aromatic rings. The lowest BCUT2D eigenvalue weighted by Crippen LogP contribution is -2.27. The van der Waals surface area contributed by atoms with Crippen molar-refractivity contribution in [3.63, 3.8) is 0 Å². The highest BCUT2D eigenvalue weighted by atomic mass is 19.4. The molecule has 0 atom stereocenters. The summed E-state index contributed by atoms with van der Waals surface area (Å²) in [5, 5.41) is 15.3. The number of allylic oxidation sites excluding steroid dienone is 2. The molecule has 0 amide bonds. The number of ketones is 1. The number of rotatable bonds is 2. The molecule has 0 aliphatic heterocycles. The van der Waals surface area contributed by atoms with Gasteiger partial charge in [-0.15, -0.1) is 0 Å². The summed E-state index contributed by atoms with van der Waals surface area (Å²) in [6.07, 6.45) is -4.91. The van der Waals surface area contributed by atoms with Gasteiger partial charge in [0.2, 0.25) is 0 Å². The molecule has 0 saturated carbocycles. The molecule has 74 valence electrons. The van der Waals surface area contributed by atoms with E-state index in [4.69, 9.17) is 10.5 Å². The van der Waals surface area contributed by atoms with Gasteiger partial charge in [-0.25, -0.2) is 0 Å². The van der Waals surface area contributed by atoms with Crippen molar-refractivity contribution in [3.05, 3.63) is 11.3 Å². The Hall–Kier alpha value is -1.33. The molecule has 3 nitrogen and oxygen atoms in total. The second kappa shape index (κ2) is 3.59. The Morgan fingerprint density at radius 2 is 1.69 bits per heavy atom. The molecule has 0 radical (unpaired) electrons. The fourth-order valence-electron chi connectivity index (χ4n) is 0.753. The first-order valence-electron chi connectivity index (χ1n) is 3.24. The summed E-state index contributed by atoms with van der Waals surface area (Å²) in [4.78, 5) is 10.6. The highest BCUT2D eigenvalue weighted by Crippen LogP contribution is 2.22. The molecule has 0 spiro atoms. The predicted molar refractivity (Wildman–Crippen MR) is 39.8 cm³/mol. The van der Waals surface area contributed by atoms with Gasteiger partial charge >= 0.3 is 6.18 Å². The van der Waals surface area contributed by atoms with Crippen molar-refractivity contribution in [2.24, 2.45) is 0 Å². The highest BCUT2D eigenvalue weighted by Gasteiger charge is 2.39. The van der Waals surface area contributed by atoms with Gasteiger partial charge in [0.05, 0.1) is 5.57 Å². The van der Waals surface area contributed by atoms with Crippen LogP contribution in [-0.2, 0) is 4.79 Å². The van der Waals surface area contributed by atoms with Crippen molar-refractivity contribution in [2.45, 2.75) is 20.0 Å². The number of alkyl halides is 3. The second-order valence-electron chi connectivity index (χ2n) is 2.39. The van der Waals surface area contributed by atoms with Gasteiger partial charge in [0.1, 0.15) is 11.5 Å². The van der Waals surface area contributed by atoms with Crippen LogP contribution in [0, 0.1) is 5.41 Å². The summed E-state index contributed by atoms with van der Waals surface area (Å²) in [7, 11) is 0. The van der Waals surface area contributed by atoms with Gasteiger partial charge in [-0.05, 0) is 13.8 Å². The molecule has 6 heteroatoms. The summed E-state index contributed by atoms with van der Waals surface area (Å²) in [6, 6.07) is 0. The number of Topliss-reactive ketones (excluding diaryl/α,β-unsaturated/α-hetero) is 1. The van der Waals surface area contributed by atoms with Crippen LogP contribution in [0.15, 0.2) is 11.3 Å². The first kappa shape index (κ1) is 11.7. The number of carbonyl (C=O) groups is 1. The monoisotopic (exact) mass is 195 g/mol. The fraction of sp³-hybridized carbons (Fsp3) is 0.429. The zero-order chi connectivity index (χ0) is 10.8. The quantitative estimate of drug-likeness (QED) is 0.402. The molecule has 0 bridgehead atoms. The summed E-state index contributed by atoms with van der Waals surface area (Å²) in [5.41, 5.74) is -2.81. The smallest absolute Gasteiger partial charge is 0.433 e. The van der Waals surface area contributed by atoms with Crippen LogP contribution >= 0.6 is 0 Å². The lowest BCUT2D eigenvalue weighted by atomic mass is 10.1. The summed E-state index contributed by atoms with van der Waals surface area (Å²) < 4.78 is 35.7. The van der Waals surface area contributed by atoms with E-state index in [0.717, 1.165) is 13.8 Å². The van der Waals surface area contributed by atoms with Crippen LogP contribution in [0.2, 0.25) is 0 Å². The van der Waals surface area contributed by atoms with Crippen LogP contribution in [0.5, 0.6) is 0 Å². The van der Waals surface area contributed by atoms with E-state index in [2.05, 4.69) is 0 Å². The number of carbonyl (C=O) groups excluding carboxylic acids is 1. The largest absolute Gasteiger partial charge is 0.512 e. The standard InChI is InChI=1S/C7H8F3NO2/c1-3(12)5(4(2)13)6(11)7(8,9)10/h11-12H,1-2H3. The lowest BCUT2D eigenvalue weighted by molar-refractivity contribution is -0.114. The topological polar surface area (TPSA) is 61.2 Å². The summed E-state index contributed by atoms with van der Waals surface area (Å²) >= 11 is 0. The van der Waals surface area contributed by atoms with E-state index in [9.17, 15) is 18.0 Å². The number of nitrogens with one attached hydrogen (secondary N) is 1. The van der Waals surface area contributed by atoms with Crippen LogP contribution in [0.1, 0.15) is 13.8 Å². The molecule has 0 unspecified atom stereocenters. The first-order chi connectivity index (χ1) is 5.68. The Labute approximate surface area is 72.4 Å². The maximum atomic E-state index is 11.9. The van der Waals surface area contributed by atoms with E-state index in [0.29, 0.717) is 0 Å². The molecule has 0 aliphatic carbocycles. The molecular weight excluding hydrogens is 187 g/mol. The third-order valence-corrected chi connectivity index (χ3v) is 1.25. The van der Waals surface area contributed by atoms with Crippen LogP contribution in [0.25, 0.3) is 0 Å². The molecule has 0 fully saturated rings. The number of aliphatic hydroxyl groups is 1. The zero-order valence-electron chi connectivity index (χ0n) is 6.99. The van der Waals surface area contributed by atoms with E-state index < -0.39 is 29.0 Å². The summed E-state index contributed by atoms with van der Waals surface area (Å²) in [5.74, 6) is -1.78. The molecule has 0 aromatic carbocycles. The number of halogens is 3. The van der Waals surface area contributed by atoms with E-state index >= 15 is 0 Å². The fourth-order valence-corrected chi connectivity index (χ4v) is 0.753. The Morgan fingerprint density at radius 3 is 1.77 bits per heavy atom. The van der Waals surface area contributed by atoms with Crippen LogP contribution in [0.3, 0.4) is 0 Å². The molecule has 13 heavy (non-hydrogen) atoms. The van der Waals surface area contributed by atoms with Gasteiger partial charge in [-0.2, -0.15) is 13.2 Å². The Bertz CT molecular complexity index is 274. The van der Waals surface area contributed by atoms with Crippen molar-refractivity contribution < 1.29 is 23.1 Å². The van der Waals surface area contributed by atoms with Crippen LogP contribution in [0.4, 0.5) is 13.2 Å². The molecule has 2 N–H and O–H groups in total. The average molecular weight is 195 g/mol. The lowest BCUT2D eigenvalue weighted by Gasteiger charge is -2.10. The molecule has 0 aliphatic rings. The average Bonchev–Trinajstić information content (AvgIpc) is 1.82. The van der Waals surface area contributed by atoms with E-state index in [1.165, 1.54) is 0 Å². The highest BCUT2D eigenvalue weighted by molar-refractivity contribution is 6.22. The Balaban J connectivity index is 5.16. The van der Waals surface area contributed by atoms with Crippen molar-refractivity contribution in [1.29, 1.82) is 5.41 Å². The van der Waals surface area contributed by atoms with E-state index in [-0.39, 0.29) is 0 Å². The van der Waals surface area contributed by atoms with Crippen molar-refractivity contribution in [1.82, 2.24) is 0 Å². The predicted octanol–water partition coefficient (Wildman–Crippen LogP) is 1.99. The Morgan fingerprint density at radius 1 is 1.31 bits per heavy atom. The molecule has 0 aromatic heterocycles. The van der Waals surface area contributed by atoms with Gasteiger partial charge in [-0.3, -0.25) is 10.2 Å². The van der Waals surface area contributed by atoms with Crippen molar-refractivity contribution in [3.8, 4) is 0 Å². The Kier molecular flexibility index (Phi) is 3.22. The number of hydrogen-bond donors (Lipinski definition) is 2. The third-order valence-electron chi connectivity index (χ3n) is 1.25. The molecule has 0 heterocycles. The third kappa shape index (κ3) is 2.89. The normalized spacial score (nSPS) is 13.6. The van der Waals surface area contributed by atoms with Gasteiger partial charge < -0.3 is 5.11 Å². The minimum atomic E-state index is -4.91. The van der Waals surface area contributed by atoms with Gasteiger partial charge in [0, 0.05) is 0 Å². The molecular formula is C7H8F3NO2. The second-order valence-corrected chi connectivity index (χ2v) is 2.39. The minimum absolute atomic E-state index is 0.796. The first-order valence-corrected chi connectivity index (χ1v) is 3.24. The van der Waals surface area contributed by atoms with Gasteiger partial charge in [0.15, 0.2) is 5.78 Å². The van der Waals surface area contributed by atoms with E-state index in [1.54, 1.807) is 0 Å². The number of aliphatic hydroxyl groups excluding tert-OH is 1.